The molecule has 1 aliphatic heterocycles. The van der Waals surface area contributed by atoms with E-state index in [4.69, 9.17) is 9.47 Å². The van der Waals surface area contributed by atoms with Crippen molar-refractivity contribution in [2.24, 2.45) is 0 Å². The number of piperazine rings is 1. The summed E-state index contributed by atoms with van der Waals surface area (Å²) in [5.74, 6) is -0.0365. The topological polar surface area (TPSA) is 88.2 Å². The molecule has 8 nitrogen and oxygen atoms in total. The van der Waals surface area contributed by atoms with Crippen LogP contribution in [0.2, 0.25) is 0 Å². The Kier molecular flexibility index (Phi) is 10.6. The molecule has 1 aliphatic rings. The summed E-state index contributed by atoms with van der Waals surface area (Å²) in [6.07, 6.45) is 2.16. The second-order valence-electron chi connectivity index (χ2n) is 10.3. The van der Waals surface area contributed by atoms with Crippen LogP contribution in [0, 0.1) is 0 Å². The second-order valence-corrected chi connectivity index (χ2v) is 11.3. The number of hydrogen-bond acceptors (Lipinski definition) is 7. The summed E-state index contributed by atoms with van der Waals surface area (Å²) < 4.78 is 10.5. The summed E-state index contributed by atoms with van der Waals surface area (Å²) in [7, 11) is 1.33. The van der Waals surface area contributed by atoms with Gasteiger partial charge in [0, 0.05) is 38.3 Å². The van der Waals surface area contributed by atoms with E-state index in [9.17, 15) is 14.4 Å². The van der Waals surface area contributed by atoms with E-state index in [-0.39, 0.29) is 12.0 Å². The quantitative estimate of drug-likeness (QED) is 0.470. The first kappa shape index (κ1) is 29.5. The molecular weight excluding hydrogens is 502 g/mol. The maximum absolute atomic E-state index is 13.5. The molecule has 0 radical (unpaired) electrons. The van der Waals surface area contributed by atoms with Crippen molar-refractivity contribution in [1.82, 2.24) is 15.1 Å². The highest BCUT2D eigenvalue weighted by Gasteiger charge is 2.28. The lowest BCUT2D eigenvalue weighted by Gasteiger charge is -2.36. The lowest BCUT2D eigenvalue weighted by Crippen LogP contribution is -2.49. The molecule has 1 heterocycles. The van der Waals surface area contributed by atoms with Crippen LogP contribution in [0.5, 0.6) is 0 Å². The number of nitrogens with one attached hydrogen (secondary N) is 1. The Morgan fingerprint density at radius 1 is 1.00 bits per heavy atom. The van der Waals surface area contributed by atoms with Gasteiger partial charge in [-0.2, -0.15) is 11.8 Å². The standard InChI is InChI=1S/C29H39N3O5S/c1-29(2,3)37-28(35)32-17-15-31(16-18-32)20-22-12-9-13-23(25(22)21-10-7-6-8-11-21)26(33)30-24(14-19-38-5)27(34)36-4/h6-13,24H,14-20H2,1-5H3,(H,30,33)/t24-/m0/s1. The van der Waals surface area contributed by atoms with Crippen LogP contribution in [-0.2, 0) is 20.8 Å². The van der Waals surface area contributed by atoms with E-state index >= 15 is 0 Å². The summed E-state index contributed by atoms with van der Waals surface area (Å²) in [6, 6.07) is 14.8. The smallest absolute Gasteiger partial charge is 0.410 e. The summed E-state index contributed by atoms with van der Waals surface area (Å²) in [5.41, 5.74) is 2.77. The summed E-state index contributed by atoms with van der Waals surface area (Å²) >= 11 is 1.61. The van der Waals surface area contributed by atoms with E-state index in [1.165, 1.54) is 7.11 Å². The molecule has 3 rings (SSSR count). The fourth-order valence-corrected chi connectivity index (χ4v) is 4.86. The lowest BCUT2D eigenvalue weighted by atomic mass is 9.93. The molecule has 0 aromatic heterocycles. The number of carbonyl (C=O) groups excluding carboxylic acids is 3. The molecule has 0 unspecified atom stereocenters. The van der Waals surface area contributed by atoms with Crippen LogP contribution in [0.1, 0.15) is 43.1 Å². The number of benzene rings is 2. The van der Waals surface area contributed by atoms with E-state index in [1.54, 1.807) is 22.7 Å². The molecule has 1 saturated heterocycles. The zero-order valence-electron chi connectivity index (χ0n) is 23.0. The maximum atomic E-state index is 13.5. The minimum absolute atomic E-state index is 0.289. The van der Waals surface area contributed by atoms with Gasteiger partial charge in [-0.1, -0.05) is 42.5 Å². The highest BCUT2D eigenvalue weighted by Crippen LogP contribution is 2.29. The van der Waals surface area contributed by atoms with Gasteiger partial charge >= 0.3 is 12.1 Å². The van der Waals surface area contributed by atoms with Gasteiger partial charge in [0.05, 0.1) is 7.11 Å². The average molecular weight is 542 g/mol. The Morgan fingerprint density at radius 2 is 1.68 bits per heavy atom. The Balaban J connectivity index is 1.82. The average Bonchev–Trinajstić information content (AvgIpc) is 2.90. The Labute approximate surface area is 230 Å². The van der Waals surface area contributed by atoms with Crippen LogP contribution in [-0.4, -0.2) is 84.7 Å². The molecular formula is C29H39N3O5S. The summed E-state index contributed by atoms with van der Waals surface area (Å²) in [6.45, 7) is 8.77. The van der Waals surface area contributed by atoms with Crippen molar-refractivity contribution in [3.8, 4) is 11.1 Å². The van der Waals surface area contributed by atoms with E-state index in [0.29, 0.717) is 44.7 Å². The number of ether oxygens (including phenoxy) is 2. The molecule has 1 fully saturated rings. The number of methoxy groups -OCH3 is 1. The molecule has 2 aromatic carbocycles. The monoisotopic (exact) mass is 541 g/mol. The first-order valence-corrected chi connectivity index (χ1v) is 14.3. The Morgan fingerprint density at radius 3 is 2.29 bits per heavy atom. The van der Waals surface area contributed by atoms with E-state index in [0.717, 1.165) is 22.4 Å². The SMILES string of the molecule is COC(=O)[C@H](CCSC)NC(=O)c1cccc(CN2CCN(C(=O)OC(C)(C)C)CC2)c1-c1ccccc1. The molecule has 2 amide bonds. The number of nitrogens with zero attached hydrogens (tertiary/aromatic N) is 2. The molecule has 1 atom stereocenters. The summed E-state index contributed by atoms with van der Waals surface area (Å²) in [5, 5.41) is 2.90. The van der Waals surface area contributed by atoms with E-state index in [1.807, 2.05) is 69.5 Å². The van der Waals surface area contributed by atoms with Gasteiger partial charge in [-0.3, -0.25) is 9.69 Å². The van der Waals surface area contributed by atoms with Gasteiger partial charge in [-0.15, -0.1) is 0 Å². The fraction of sp³-hybridized carbons (Fsp3) is 0.483. The van der Waals surface area contributed by atoms with Gasteiger partial charge in [-0.25, -0.2) is 9.59 Å². The number of esters is 1. The molecule has 0 bridgehead atoms. The van der Waals surface area contributed by atoms with Crippen molar-refractivity contribution in [3.63, 3.8) is 0 Å². The van der Waals surface area contributed by atoms with Crippen molar-refractivity contribution in [2.45, 2.75) is 45.4 Å². The van der Waals surface area contributed by atoms with Gasteiger partial charge in [0.1, 0.15) is 11.6 Å². The van der Waals surface area contributed by atoms with Crippen LogP contribution in [0.4, 0.5) is 4.79 Å². The zero-order chi connectivity index (χ0) is 27.7. The lowest BCUT2D eigenvalue weighted by molar-refractivity contribution is -0.142. The highest BCUT2D eigenvalue weighted by molar-refractivity contribution is 7.98. The largest absolute Gasteiger partial charge is 0.467 e. The van der Waals surface area contributed by atoms with Crippen molar-refractivity contribution < 1.29 is 23.9 Å². The van der Waals surface area contributed by atoms with Crippen LogP contribution in [0.3, 0.4) is 0 Å². The van der Waals surface area contributed by atoms with Crippen LogP contribution in [0.15, 0.2) is 48.5 Å². The molecule has 1 N–H and O–H groups in total. The molecule has 0 spiro atoms. The molecule has 0 saturated carbocycles. The Bertz CT molecular complexity index is 1100. The van der Waals surface area contributed by atoms with E-state index < -0.39 is 17.6 Å². The van der Waals surface area contributed by atoms with Gasteiger partial charge in [-0.05, 0) is 62.0 Å². The number of carbonyl (C=O) groups is 3. The van der Waals surface area contributed by atoms with Crippen molar-refractivity contribution in [1.29, 1.82) is 0 Å². The molecule has 38 heavy (non-hydrogen) atoms. The predicted molar refractivity (Wildman–Crippen MR) is 151 cm³/mol. The van der Waals surface area contributed by atoms with Gasteiger partial charge in [0.2, 0.25) is 0 Å². The number of rotatable bonds is 9. The van der Waals surface area contributed by atoms with Crippen LogP contribution >= 0.6 is 11.8 Å². The third-order valence-electron chi connectivity index (χ3n) is 6.28. The Hall–Kier alpha value is -3.04. The normalized spacial score (nSPS) is 15.0. The van der Waals surface area contributed by atoms with Crippen LogP contribution in [0.25, 0.3) is 11.1 Å². The number of amides is 2. The highest BCUT2D eigenvalue weighted by atomic mass is 32.2. The number of thioether (sulfide) groups is 1. The van der Waals surface area contributed by atoms with Gasteiger partial charge in [0.15, 0.2) is 0 Å². The van der Waals surface area contributed by atoms with Gasteiger partial charge in [0.25, 0.3) is 5.91 Å². The maximum Gasteiger partial charge on any atom is 0.410 e. The molecule has 206 valence electrons. The van der Waals surface area contributed by atoms with Crippen LogP contribution < -0.4 is 5.32 Å². The third-order valence-corrected chi connectivity index (χ3v) is 6.92. The third kappa shape index (κ3) is 8.23. The van der Waals surface area contributed by atoms with E-state index in [2.05, 4.69) is 10.2 Å². The number of hydrogen-bond donors (Lipinski definition) is 1. The van der Waals surface area contributed by atoms with Gasteiger partial charge < -0.3 is 19.7 Å². The summed E-state index contributed by atoms with van der Waals surface area (Å²) in [4.78, 5) is 42.3. The first-order chi connectivity index (χ1) is 18.1. The minimum Gasteiger partial charge on any atom is -0.467 e. The van der Waals surface area contributed by atoms with Crippen molar-refractivity contribution in [2.75, 3.05) is 45.3 Å². The predicted octanol–water partition coefficient (Wildman–Crippen LogP) is 4.43. The molecule has 2 aromatic rings. The first-order valence-electron chi connectivity index (χ1n) is 12.9. The molecule has 0 aliphatic carbocycles. The van der Waals surface area contributed by atoms with Crippen molar-refractivity contribution >= 4 is 29.7 Å². The van der Waals surface area contributed by atoms with Crippen molar-refractivity contribution in [3.05, 3.63) is 59.7 Å². The minimum atomic E-state index is -0.715. The zero-order valence-corrected chi connectivity index (χ0v) is 23.8. The fourth-order valence-electron chi connectivity index (χ4n) is 4.39. The molecule has 9 heteroatoms. The second kappa shape index (κ2) is 13.7.